The first-order valence-electron chi connectivity index (χ1n) is 18.7. The monoisotopic (exact) mass is 687 g/mol. The predicted molar refractivity (Wildman–Crippen MR) is 227 cm³/mol. The Hall–Kier alpha value is -6.06. The topological polar surface area (TPSA) is 13.1 Å². The zero-order valence-corrected chi connectivity index (χ0v) is 31.4. The first-order chi connectivity index (χ1) is 25.6. The maximum absolute atomic E-state index is 2.44. The van der Waals surface area contributed by atoms with E-state index in [0.717, 1.165) is 28.4 Å². The second kappa shape index (κ2) is 12.3. The van der Waals surface area contributed by atoms with Gasteiger partial charge in [-0.3, -0.25) is 0 Å². The van der Waals surface area contributed by atoms with Crippen LogP contribution in [0.2, 0.25) is 0 Å². The van der Waals surface area contributed by atoms with Gasteiger partial charge in [-0.15, -0.1) is 0 Å². The standard InChI is InChI=1S/C50H45N3/c1-49(2,3)34-23-27-37(28-24-34)52-44-20-13-11-18-42(44)48-45(21-14-22-46(48)52)51(36-15-8-7-9-16-36)39-31-32-41-40-17-10-12-19-43(40)53(47(41)33-39)38-29-25-35(26-30-38)50(4,5)6/h7-33H,1-6H3. The van der Waals surface area contributed by atoms with Crippen LogP contribution < -0.4 is 4.90 Å². The zero-order chi connectivity index (χ0) is 36.5. The molecule has 9 rings (SSSR count). The molecule has 7 aromatic carbocycles. The van der Waals surface area contributed by atoms with Crippen molar-refractivity contribution in [2.24, 2.45) is 0 Å². The highest BCUT2D eigenvalue weighted by molar-refractivity contribution is 6.17. The van der Waals surface area contributed by atoms with Gasteiger partial charge in [0.1, 0.15) is 0 Å². The summed E-state index contributed by atoms with van der Waals surface area (Å²) in [6.07, 6.45) is 0. The van der Waals surface area contributed by atoms with Gasteiger partial charge in [-0.1, -0.05) is 133 Å². The highest BCUT2D eigenvalue weighted by atomic mass is 15.2. The van der Waals surface area contributed by atoms with E-state index in [2.05, 4.69) is 219 Å². The minimum absolute atomic E-state index is 0.0860. The van der Waals surface area contributed by atoms with Gasteiger partial charge in [-0.2, -0.15) is 0 Å². The van der Waals surface area contributed by atoms with E-state index in [1.54, 1.807) is 0 Å². The van der Waals surface area contributed by atoms with Crippen molar-refractivity contribution in [2.45, 2.75) is 52.4 Å². The molecule has 0 aliphatic carbocycles. The predicted octanol–water partition coefficient (Wildman–Crippen LogP) is 13.9. The van der Waals surface area contributed by atoms with Gasteiger partial charge in [0, 0.05) is 44.3 Å². The van der Waals surface area contributed by atoms with E-state index < -0.39 is 0 Å². The van der Waals surface area contributed by atoms with Gasteiger partial charge in [0.25, 0.3) is 0 Å². The molecule has 2 heterocycles. The minimum atomic E-state index is 0.0860. The minimum Gasteiger partial charge on any atom is -0.310 e. The molecule has 0 atom stereocenters. The molecule has 0 aliphatic rings. The van der Waals surface area contributed by atoms with E-state index in [4.69, 9.17) is 0 Å². The first kappa shape index (κ1) is 32.8. The van der Waals surface area contributed by atoms with E-state index in [0.29, 0.717) is 0 Å². The molecule has 0 N–H and O–H groups in total. The number of para-hydroxylation sites is 3. The lowest BCUT2D eigenvalue weighted by Gasteiger charge is -2.27. The zero-order valence-electron chi connectivity index (χ0n) is 31.4. The number of benzene rings is 7. The van der Waals surface area contributed by atoms with Gasteiger partial charge < -0.3 is 14.0 Å². The normalized spacial score (nSPS) is 12.3. The lowest BCUT2D eigenvalue weighted by Crippen LogP contribution is -2.11. The fourth-order valence-corrected chi connectivity index (χ4v) is 8.07. The average Bonchev–Trinajstić information content (AvgIpc) is 3.68. The molecule has 0 saturated carbocycles. The number of nitrogens with zero attached hydrogens (tertiary/aromatic N) is 3. The molecule has 2 aromatic heterocycles. The largest absolute Gasteiger partial charge is 0.310 e. The van der Waals surface area contributed by atoms with Crippen molar-refractivity contribution in [3.63, 3.8) is 0 Å². The van der Waals surface area contributed by atoms with Crippen LogP contribution in [0.5, 0.6) is 0 Å². The highest BCUT2D eigenvalue weighted by Crippen LogP contribution is 2.45. The maximum atomic E-state index is 2.44. The number of hydrogen-bond acceptors (Lipinski definition) is 1. The molecule has 3 heteroatoms. The van der Waals surface area contributed by atoms with Crippen molar-refractivity contribution >= 4 is 60.7 Å². The number of aromatic nitrogens is 2. The van der Waals surface area contributed by atoms with Crippen molar-refractivity contribution in [3.05, 3.63) is 175 Å². The van der Waals surface area contributed by atoms with Crippen molar-refractivity contribution < 1.29 is 0 Å². The summed E-state index contributed by atoms with van der Waals surface area (Å²) >= 11 is 0. The van der Waals surface area contributed by atoms with E-state index in [9.17, 15) is 0 Å². The summed E-state index contributed by atoms with van der Waals surface area (Å²) in [4.78, 5) is 2.44. The molecular weight excluding hydrogens is 643 g/mol. The SMILES string of the molecule is CC(C)(C)c1ccc(-n2c3ccccc3c3ccc(N(c4ccccc4)c4cccc5c4c4ccccc4n5-c4ccc(C(C)(C)C)cc4)cc32)cc1. The van der Waals surface area contributed by atoms with E-state index in [1.165, 1.54) is 54.7 Å². The Morgan fingerprint density at radius 1 is 0.377 bits per heavy atom. The molecule has 0 aliphatic heterocycles. The fraction of sp³-hybridized carbons (Fsp3) is 0.160. The molecule has 9 aromatic rings. The van der Waals surface area contributed by atoms with Crippen molar-refractivity contribution in [1.82, 2.24) is 9.13 Å². The molecule has 0 saturated heterocycles. The fourth-order valence-electron chi connectivity index (χ4n) is 8.07. The average molecular weight is 688 g/mol. The summed E-state index contributed by atoms with van der Waals surface area (Å²) in [5.74, 6) is 0. The third-order valence-corrected chi connectivity index (χ3v) is 10.8. The molecule has 0 bridgehead atoms. The van der Waals surface area contributed by atoms with E-state index >= 15 is 0 Å². The third kappa shape index (κ3) is 5.50. The lowest BCUT2D eigenvalue weighted by atomic mass is 9.87. The lowest BCUT2D eigenvalue weighted by molar-refractivity contribution is 0.590. The van der Waals surface area contributed by atoms with Gasteiger partial charge in [0.05, 0.1) is 27.8 Å². The summed E-state index contributed by atoms with van der Waals surface area (Å²) in [6, 6.07) is 60.3. The summed E-state index contributed by atoms with van der Waals surface area (Å²) < 4.78 is 4.85. The van der Waals surface area contributed by atoms with Crippen LogP contribution >= 0.6 is 0 Å². The van der Waals surface area contributed by atoms with Crippen LogP contribution in [0.25, 0.3) is 55.0 Å². The third-order valence-electron chi connectivity index (χ3n) is 10.8. The Morgan fingerprint density at radius 2 is 0.868 bits per heavy atom. The molecule has 53 heavy (non-hydrogen) atoms. The maximum Gasteiger partial charge on any atom is 0.0562 e. The van der Waals surface area contributed by atoms with Crippen LogP contribution in [0, 0.1) is 0 Å². The Morgan fingerprint density at radius 3 is 1.47 bits per heavy atom. The smallest absolute Gasteiger partial charge is 0.0562 e. The quantitative estimate of drug-likeness (QED) is 0.176. The first-order valence-corrected chi connectivity index (χ1v) is 18.7. The van der Waals surface area contributed by atoms with Gasteiger partial charge in [-0.05, 0) is 94.8 Å². The molecule has 0 radical (unpaired) electrons. The Kier molecular flexibility index (Phi) is 7.60. The van der Waals surface area contributed by atoms with Crippen molar-refractivity contribution in [1.29, 1.82) is 0 Å². The van der Waals surface area contributed by atoms with Gasteiger partial charge in [-0.25, -0.2) is 0 Å². The Labute approximate surface area is 312 Å². The van der Waals surface area contributed by atoms with Crippen LogP contribution in [0.4, 0.5) is 17.1 Å². The van der Waals surface area contributed by atoms with E-state index in [-0.39, 0.29) is 10.8 Å². The van der Waals surface area contributed by atoms with Crippen LogP contribution in [0.1, 0.15) is 52.7 Å². The highest BCUT2D eigenvalue weighted by Gasteiger charge is 2.23. The van der Waals surface area contributed by atoms with Crippen LogP contribution in [0.3, 0.4) is 0 Å². The van der Waals surface area contributed by atoms with Gasteiger partial charge in [0.2, 0.25) is 0 Å². The summed E-state index contributed by atoms with van der Waals surface area (Å²) in [7, 11) is 0. The Balaban J connectivity index is 1.30. The number of hydrogen-bond donors (Lipinski definition) is 0. The molecule has 0 fully saturated rings. The molecule has 0 amide bonds. The van der Waals surface area contributed by atoms with Gasteiger partial charge >= 0.3 is 0 Å². The summed E-state index contributed by atoms with van der Waals surface area (Å²) in [5.41, 5.74) is 13.3. The van der Waals surface area contributed by atoms with Crippen molar-refractivity contribution in [2.75, 3.05) is 4.90 Å². The number of rotatable bonds is 5. The number of fused-ring (bicyclic) bond motifs is 6. The second-order valence-corrected chi connectivity index (χ2v) is 16.3. The van der Waals surface area contributed by atoms with Crippen LogP contribution in [-0.4, -0.2) is 9.13 Å². The summed E-state index contributed by atoms with van der Waals surface area (Å²) in [6.45, 7) is 13.6. The van der Waals surface area contributed by atoms with Crippen molar-refractivity contribution in [3.8, 4) is 11.4 Å². The number of anilines is 3. The summed E-state index contributed by atoms with van der Waals surface area (Å²) in [5, 5.41) is 4.95. The molecule has 0 unspecified atom stereocenters. The van der Waals surface area contributed by atoms with Crippen LogP contribution in [-0.2, 0) is 10.8 Å². The Bertz CT molecular complexity index is 2770. The molecular formula is C50H45N3. The van der Waals surface area contributed by atoms with E-state index in [1.807, 2.05) is 0 Å². The second-order valence-electron chi connectivity index (χ2n) is 16.3. The van der Waals surface area contributed by atoms with Gasteiger partial charge in [0.15, 0.2) is 0 Å². The van der Waals surface area contributed by atoms with Crippen LogP contribution in [0.15, 0.2) is 164 Å². The molecule has 0 spiro atoms. The molecule has 3 nitrogen and oxygen atoms in total. The molecule has 260 valence electrons.